The van der Waals surface area contributed by atoms with E-state index in [4.69, 9.17) is 4.74 Å². The van der Waals surface area contributed by atoms with Crippen molar-refractivity contribution in [2.24, 2.45) is 0 Å². The van der Waals surface area contributed by atoms with Gasteiger partial charge in [0.05, 0.1) is 0 Å². The molecule has 1 N–H and O–H groups in total. The Kier molecular flexibility index (Phi) is 5.53. The van der Waals surface area contributed by atoms with Gasteiger partial charge in [-0.1, -0.05) is 12.1 Å². The van der Waals surface area contributed by atoms with Gasteiger partial charge in [0.25, 0.3) is 0 Å². The average molecular weight is 272 g/mol. The van der Waals surface area contributed by atoms with Crippen LogP contribution in [0.1, 0.15) is 26.3 Å². The van der Waals surface area contributed by atoms with Crippen LogP contribution in [0.2, 0.25) is 0 Å². The Balaban J connectivity index is 0.00000225. The van der Waals surface area contributed by atoms with E-state index in [2.05, 4.69) is 12.2 Å². The molecular formula is C12H16NO2Zn+. The van der Waals surface area contributed by atoms with Crippen molar-refractivity contribution in [3.63, 3.8) is 0 Å². The molecule has 0 atom stereocenters. The van der Waals surface area contributed by atoms with Crippen LogP contribution in [0.25, 0.3) is 0 Å². The van der Waals surface area contributed by atoms with E-state index in [1.54, 1.807) is 12.1 Å². The quantitative estimate of drug-likeness (QED) is 0.629. The zero-order chi connectivity index (χ0) is 11.5. The molecule has 0 spiro atoms. The van der Waals surface area contributed by atoms with Crippen molar-refractivity contribution in [2.75, 3.05) is 5.32 Å². The molecule has 1 amide bonds. The summed E-state index contributed by atoms with van der Waals surface area (Å²) in [5.74, 6) is 0. The number of carbonyl (C=O) groups excluding carboxylic acids is 1. The van der Waals surface area contributed by atoms with E-state index < -0.39 is 11.7 Å². The molecule has 0 saturated carbocycles. The van der Waals surface area contributed by atoms with E-state index in [9.17, 15) is 4.79 Å². The van der Waals surface area contributed by atoms with Crippen LogP contribution in [0.5, 0.6) is 0 Å². The van der Waals surface area contributed by atoms with Gasteiger partial charge in [0, 0.05) is 5.69 Å². The maximum atomic E-state index is 11.4. The van der Waals surface area contributed by atoms with Crippen molar-refractivity contribution in [1.82, 2.24) is 0 Å². The molecule has 1 aromatic carbocycles. The van der Waals surface area contributed by atoms with Gasteiger partial charge in [-0.25, -0.2) is 4.79 Å². The molecule has 0 bridgehead atoms. The number of carbonyl (C=O) groups is 1. The Morgan fingerprint density at radius 2 is 1.75 bits per heavy atom. The molecule has 82 valence electrons. The minimum Gasteiger partial charge on any atom is -0.444 e. The molecule has 0 radical (unpaired) electrons. The summed E-state index contributed by atoms with van der Waals surface area (Å²) in [6.45, 7) is 9.23. The first kappa shape index (κ1) is 15.0. The molecule has 16 heavy (non-hydrogen) atoms. The van der Waals surface area contributed by atoms with E-state index >= 15 is 0 Å². The number of rotatable bonds is 1. The summed E-state index contributed by atoms with van der Waals surface area (Å²) < 4.78 is 5.11. The molecule has 0 unspecified atom stereocenters. The number of benzene rings is 1. The minimum absolute atomic E-state index is 0. The van der Waals surface area contributed by atoms with Crippen LogP contribution < -0.4 is 5.32 Å². The fourth-order valence-electron chi connectivity index (χ4n) is 1.01. The zero-order valence-corrected chi connectivity index (χ0v) is 13.0. The van der Waals surface area contributed by atoms with Gasteiger partial charge < -0.3 is 4.74 Å². The minimum atomic E-state index is -0.476. The van der Waals surface area contributed by atoms with E-state index in [1.807, 2.05) is 32.9 Å². The summed E-state index contributed by atoms with van der Waals surface area (Å²) in [5, 5.41) is 2.64. The molecule has 4 heteroatoms. The van der Waals surface area contributed by atoms with Crippen molar-refractivity contribution in [3.05, 3.63) is 36.8 Å². The molecule has 0 heterocycles. The number of anilines is 1. The zero-order valence-electron chi connectivity index (χ0n) is 10.0. The van der Waals surface area contributed by atoms with Gasteiger partial charge in [0.15, 0.2) is 0 Å². The van der Waals surface area contributed by atoms with Gasteiger partial charge in [-0.15, -0.1) is 0 Å². The predicted octanol–water partition coefficient (Wildman–Crippen LogP) is 3.21. The predicted molar refractivity (Wildman–Crippen MR) is 60.8 cm³/mol. The summed E-state index contributed by atoms with van der Waals surface area (Å²) in [6, 6.07) is 7.22. The van der Waals surface area contributed by atoms with Crippen LogP contribution >= 0.6 is 0 Å². The van der Waals surface area contributed by atoms with Gasteiger partial charge in [0.2, 0.25) is 0 Å². The number of hydrogen-bond acceptors (Lipinski definition) is 2. The standard InChI is InChI=1S/C12H16NO2.Zn/c1-9-5-7-10(8-6-9)13-11(14)15-12(2,3)4;/h5-8H,1H2,2-4H3,(H,13,14);/q-1;+2. The first-order chi connectivity index (χ1) is 6.87. The van der Waals surface area contributed by atoms with Crippen molar-refractivity contribution in [1.29, 1.82) is 0 Å². The topological polar surface area (TPSA) is 38.3 Å². The second kappa shape index (κ2) is 5.90. The fraction of sp³-hybridized carbons (Fsp3) is 0.333. The number of hydrogen-bond donors (Lipinski definition) is 1. The molecule has 0 aliphatic carbocycles. The van der Waals surface area contributed by atoms with Crippen LogP contribution in [-0.4, -0.2) is 11.7 Å². The molecule has 0 aliphatic heterocycles. The third kappa shape index (κ3) is 5.77. The molecule has 3 nitrogen and oxygen atoms in total. The fourth-order valence-corrected chi connectivity index (χ4v) is 1.01. The van der Waals surface area contributed by atoms with Crippen LogP contribution in [0.3, 0.4) is 0 Å². The first-order valence-electron chi connectivity index (χ1n) is 4.79. The van der Waals surface area contributed by atoms with E-state index in [1.165, 1.54) is 0 Å². The molecule has 0 aliphatic rings. The van der Waals surface area contributed by atoms with Crippen LogP contribution in [0.4, 0.5) is 10.5 Å². The normalized spacial score (nSPS) is 10.2. The number of ether oxygens (including phenoxy) is 1. The molecule has 0 fully saturated rings. The Bertz CT molecular complexity index is 341. The monoisotopic (exact) mass is 270 g/mol. The SMILES string of the molecule is [CH2-]c1ccc(NC(=O)OC(C)(C)C)cc1.[Zn+2]. The molecule has 0 aromatic heterocycles. The van der Waals surface area contributed by atoms with E-state index in [0.717, 1.165) is 5.56 Å². The largest absolute Gasteiger partial charge is 2.00 e. The number of amides is 1. The van der Waals surface area contributed by atoms with Gasteiger partial charge in [-0.2, -0.15) is 24.6 Å². The Labute approximate surface area is 109 Å². The third-order valence-electron chi connectivity index (χ3n) is 1.60. The summed E-state index contributed by atoms with van der Waals surface area (Å²) in [5.41, 5.74) is 1.14. The summed E-state index contributed by atoms with van der Waals surface area (Å²) in [4.78, 5) is 11.4. The Hall–Kier alpha value is -1.02. The van der Waals surface area contributed by atoms with Crippen LogP contribution in [-0.2, 0) is 24.2 Å². The van der Waals surface area contributed by atoms with E-state index in [-0.39, 0.29) is 19.5 Å². The Morgan fingerprint density at radius 1 is 1.25 bits per heavy atom. The van der Waals surface area contributed by atoms with Crippen molar-refractivity contribution in [3.8, 4) is 0 Å². The first-order valence-corrected chi connectivity index (χ1v) is 4.79. The van der Waals surface area contributed by atoms with Gasteiger partial charge >= 0.3 is 25.6 Å². The summed E-state index contributed by atoms with van der Waals surface area (Å²) >= 11 is 0. The summed E-state index contributed by atoms with van der Waals surface area (Å²) in [6.07, 6.45) is -0.445. The van der Waals surface area contributed by atoms with E-state index in [0.29, 0.717) is 5.69 Å². The average Bonchev–Trinajstić information content (AvgIpc) is 2.05. The molecule has 1 rings (SSSR count). The molecule has 0 saturated heterocycles. The maximum Gasteiger partial charge on any atom is 2.00 e. The Morgan fingerprint density at radius 3 is 2.19 bits per heavy atom. The second-order valence-corrected chi connectivity index (χ2v) is 4.32. The molecular weight excluding hydrogens is 256 g/mol. The van der Waals surface area contributed by atoms with Gasteiger partial charge in [-0.3, -0.25) is 5.32 Å². The number of nitrogens with one attached hydrogen (secondary N) is 1. The smallest absolute Gasteiger partial charge is 0.444 e. The van der Waals surface area contributed by atoms with Gasteiger partial charge in [0.1, 0.15) is 5.60 Å². The van der Waals surface area contributed by atoms with Crippen molar-refractivity contribution < 1.29 is 29.0 Å². The van der Waals surface area contributed by atoms with Gasteiger partial charge in [-0.05, 0) is 20.8 Å². The van der Waals surface area contributed by atoms with Crippen molar-refractivity contribution >= 4 is 11.8 Å². The van der Waals surface area contributed by atoms with Crippen molar-refractivity contribution in [2.45, 2.75) is 26.4 Å². The van der Waals surface area contributed by atoms with Crippen LogP contribution in [0.15, 0.2) is 24.3 Å². The maximum absolute atomic E-state index is 11.4. The second-order valence-electron chi connectivity index (χ2n) is 4.32. The van der Waals surface area contributed by atoms with Crippen LogP contribution in [0, 0.1) is 6.92 Å². The summed E-state index contributed by atoms with van der Waals surface area (Å²) in [7, 11) is 0. The molecule has 1 aromatic rings. The third-order valence-corrected chi connectivity index (χ3v) is 1.60.